The van der Waals surface area contributed by atoms with Crippen molar-refractivity contribution in [2.75, 3.05) is 13.1 Å². The fourth-order valence-corrected chi connectivity index (χ4v) is 5.29. The molecule has 1 aliphatic rings. The number of amides is 4. The first kappa shape index (κ1) is 36.2. The molecule has 0 aliphatic carbocycles. The minimum atomic E-state index is -1.58. The van der Waals surface area contributed by atoms with Crippen molar-refractivity contribution in [3.63, 3.8) is 0 Å². The summed E-state index contributed by atoms with van der Waals surface area (Å²) < 4.78 is 17.5. The molecule has 0 aromatic heterocycles. The van der Waals surface area contributed by atoms with Gasteiger partial charge in [-0.05, 0) is 50.0 Å². The summed E-state index contributed by atoms with van der Waals surface area (Å²) in [7, 11) is 0. The molecule has 4 amide bonds. The van der Waals surface area contributed by atoms with Crippen LogP contribution < -0.4 is 16.4 Å². The summed E-state index contributed by atoms with van der Waals surface area (Å²) in [6.45, 7) is 5.87. The zero-order chi connectivity index (χ0) is 35.6. The minimum Gasteiger partial charge on any atom is -0.471 e. The highest BCUT2D eigenvalue weighted by Gasteiger charge is 2.45. The van der Waals surface area contributed by atoms with Gasteiger partial charge in [-0.15, -0.1) is 0 Å². The van der Waals surface area contributed by atoms with Gasteiger partial charge in [0.15, 0.2) is 12.2 Å². The number of nitrogens with two attached hydrogens (primary N) is 1. The summed E-state index contributed by atoms with van der Waals surface area (Å²) in [5.74, 6) is -3.38. The summed E-state index contributed by atoms with van der Waals surface area (Å²) in [5.41, 5.74) is 6.91. The first-order valence-electron chi connectivity index (χ1n) is 15.9. The maximum absolute atomic E-state index is 14.3. The molecule has 3 atom stereocenters. The molecule has 12 heteroatoms. The van der Waals surface area contributed by atoms with Gasteiger partial charge in [0.25, 0.3) is 5.91 Å². The van der Waals surface area contributed by atoms with E-state index in [9.17, 15) is 24.0 Å². The Balaban J connectivity index is 1.72. The van der Waals surface area contributed by atoms with Crippen molar-refractivity contribution in [2.45, 2.75) is 64.0 Å². The Morgan fingerprint density at radius 3 is 1.92 bits per heavy atom. The number of primary amides is 1. The zero-order valence-corrected chi connectivity index (χ0v) is 28.0. The molecule has 1 heterocycles. The van der Waals surface area contributed by atoms with E-state index in [1.165, 1.54) is 17.9 Å². The summed E-state index contributed by atoms with van der Waals surface area (Å²) in [5, 5.41) is 5.32. The molecule has 0 unspecified atom stereocenters. The van der Waals surface area contributed by atoms with E-state index in [-0.39, 0.29) is 12.3 Å². The number of nitrogens with zero attached hydrogens (tertiary/aromatic N) is 1. The lowest BCUT2D eigenvalue weighted by Gasteiger charge is -2.38. The van der Waals surface area contributed by atoms with E-state index < -0.39 is 66.2 Å². The van der Waals surface area contributed by atoms with E-state index in [1.807, 2.05) is 91.0 Å². The molecule has 3 aromatic carbocycles. The molecule has 3 aromatic rings. The minimum absolute atomic E-state index is 0.0657. The van der Waals surface area contributed by atoms with Crippen LogP contribution in [0.5, 0.6) is 0 Å². The van der Waals surface area contributed by atoms with E-state index in [2.05, 4.69) is 10.6 Å². The standard InChI is InChI=1S/C37H42N4O8/c1-24(42)39-31-28(40-36(46)49-37(2,3)4)22-29(35(45)48-32(26-16-10-6-11-17-26)27-18-12-7-13-19-27)47-33(31)34(44)41(23-30(38)43)21-20-25-14-8-5-9-15-25/h5-19,22,28,31-33H,20-21,23H2,1-4H3,(H2,38,43)(H,39,42)(H,40,46)/t28-,31+,33+/m0/s1. The number of benzene rings is 3. The number of carbonyl (C=O) groups excluding carboxylic acids is 5. The largest absolute Gasteiger partial charge is 0.471 e. The lowest BCUT2D eigenvalue weighted by molar-refractivity contribution is -0.155. The molecular formula is C37H42N4O8. The Kier molecular flexibility index (Phi) is 12.1. The van der Waals surface area contributed by atoms with Crippen LogP contribution in [0.3, 0.4) is 0 Å². The first-order valence-corrected chi connectivity index (χ1v) is 15.9. The molecular weight excluding hydrogens is 628 g/mol. The van der Waals surface area contributed by atoms with Gasteiger partial charge in [0.1, 0.15) is 5.60 Å². The number of alkyl carbamates (subject to hydrolysis) is 1. The van der Waals surface area contributed by atoms with Gasteiger partial charge in [0.2, 0.25) is 17.6 Å². The van der Waals surface area contributed by atoms with Crippen molar-refractivity contribution in [3.05, 3.63) is 120 Å². The molecule has 0 spiro atoms. The molecule has 49 heavy (non-hydrogen) atoms. The van der Waals surface area contributed by atoms with Crippen molar-refractivity contribution < 1.29 is 38.2 Å². The highest BCUT2D eigenvalue weighted by Crippen LogP contribution is 2.29. The number of ether oxygens (including phenoxy) is 3. The molecule has 0 bridgehead atoms. The SMILES string of the molecule is CC(=O)N[C@@H]1[C@@H](NC(=O)OC(C)(C)C)C=C(C(=O)OC(c2ccccc2)c2ccccc2)O[C@H]1C(=O)N(CCc1ccccc1)CC(N)=O. The number of hydrogen-bond acceptors (Lipinski definition) is 8. The van der Waals surface area contributed by atoms with Crippen LogP contribution in [-0.2, 0) is 39.8 Å². The Hall–Kier alpha value is -5.65. The summed E-state index contributed by atoms with van der Waals surface area (Å²) in [6.07, 6.45) is -1.66. The second-order valence-electron chi connectivity index (χ2n) is 12.5. The molecule has 258 valence electrons. The number of hydrogen-bond donors (Lipinski definition) is 3. The van der Waals surface area contributed by atoms with E-state index >= 15 is 0 Å². The summed E-state index contributed by atoms with van der Waals surface area (Å²) >= 11 is 0. The van der Waals surface area contributed by atoms with Crippen molar-refractivity contribution >= 4 is 29.8 Å². The predicted molar refractivity (Wildman–Crippen MR) is 180 cm³/mol. The summed E-state index contributed by atoms with van der Waals surface area (Å²) in [6, 6.07) is 25.0. The molecule has 4 N–H and O–H groups in total. The molecule has 4 rings (SSSR count). The highest BCUT2D eigenvalue weighted by atomic mass is 16.6. The van der Waals surface area contributed by atoms with Gasteiger partial charge in [-0.3, -0.25) is 14.4 Å². The van der Waals surface area contributed by atoms with Gasteiger partial charge in [-0.1, -0.05) is 91.0 Å². The van der Waals surface area contributed by atoms with E-state index in [4.69, 9.17) is 19.9 Å². The molecule has 12 nitrogen and oxygen atoms in total. The normalized spacial score (nSPS) is 17.2. The van der Waals surface area contributed by atoms with Crippen LogP contribution in [0.1, 0.15) is 50.5 Å². The fourth-order valence-electron chi connectivity index (χ4n) is 5.29. The Morgan fingerprint density at radius 1 is 0.857 bits per heavy atom. The number of esters is 1. The van der Waals surface area contributed by atoms with E-state index in [0.29, 0.717) is 17.5 Å². The van der Waals surface area contributed by atoms with Gasteiger partial charge in [-0.2, -0.15) is 0 Å². The van der Waals surface area contributed by atoms with Crippen LogP contribution in [0.2, 0.25) is 0 Å². The fraction of sp³-hybridized carbons (Fsp3) is 0.324. The van der Waals surface area contributed by atoms with Crippen LogP contribution in [0, 0.1) is 0 Å². The Labute approximate surface area is 285 Å². The zero-order valence-electron chi connectivity index (χ0n) is 28.0. The summed E-state index contributed by atoms with van der Waals surface area (Å²) in [4.78, 5) is 67.0. The van der Waals surface area contributed by atoms with Crippen molar-refractivity contribution in [3.8, 4) is 0 Å². The van der Waals surface area contributed by atoms with Gasteiger partial charge in [-0.25, -0.2) is 9.59 Å². The average molecular weight is 671 g/mol. The number of carbonyl (C=O) groups is 5. The van der Waals surface area contributed by atoms with Gasteiger partial charge < -0.3 is 35.5 Å². The maximum atomic E-state index is 14.3. The average Bonchev–Trinajstić information content (AvgIpc) is 3.05. The number of rotatable bonds is 12. The third kappa shape index (κ3) is 10.7. The van der Waals surface area contributed by atoms with Crippen molar-refractivity contribution in [1.82, 2.24) is 15.5 Å². The van der Waals surface area contributed by atoms with Crippen LogP contribution in [0.4, 0.5) is 4.79 Å². The quantitative estimate of drug-likeness (QED) is 0.246. The molecule has 1 aliphatic heterocycles. The molecule has 0 saturated heterocycles. The Bertz CT molecular complexity index is 1600. The lowest BCUT2D eigenvalue weighted by Crippen LogP contribution is -2.63. The monoisotopic (exact) mass is 670 g/mol. The molecule has 0 radical (unpaired) electrons. The van der Waals surface area contributed by atoms with E-state index in [0.717, 1.165) is 5.56 Å². The van der Waals surface area contributed by atoms with Crippen LogP contribution in [-0.4, -0.2) is 71.6 Å². The van der Waals surface area contributed by atoms with Gasteiger partial charge in [0, 0.05) is 13.5 Å². The van der Waals surface area contributed by atoms with Gasteiger partial charge >= 0.3 is 12.1 Å². The topological polar surface area (TPSA) is 166 Å². The molecule has 0 saturated carbocycles. The Morgan fingerprint density at radius 2 is 1.41 bits per heavy atom. The number of nitrogens with one attached hydrogen (secondary N) is 2. The third-order valence-electron chi connectivity index (χ3n) is 7.40. The smallest absolute Gasteiger partial charge is 0.408 e. The molecule has 0 fully saturated rings. The maximum Gasteiger partial charge on any atom is 0.408 e. The lowest BCUT2D eigenvalue weighted by atomic mass is 9.96. The van der Waals surface area contributed by atoms with Crippen LogP contribution in [0.25, 0.3) is 0 Å². The van der Waals surface area contributed by atoms with Crippen LogP contribution >= 0.6 is 0 Å². The highest BCUT2D eigenvalue weighted by molar-refractivity contribution is 5.91. The second-order valence-corrected chi connectivity index (χ2v) is 12.5. The predicted octanol–water partition coefficient (Wildman–Crippen LogP) is 3.56. The van der Waals surface area contributed by atoms with Crippen molar-refractivity contribution in [2.24, 2.45) is 5.73 Å². The van der Waals surface area contributed by atoms with Crippen LogP contribution in [0.15, 0.2) is 103 Å². The van der Waals surface area contributed by atoms with Crippen molar-refractivity contribution in [1.29, 1.82) is 0 Å². The third-order valence-corrected chi connectivity index (χ3v) is 7.40. The van der Waals surface area contributed by atoms with Gasteiger partial charge in [0.05, 0.1) is 18.6 Å². The van der Waals surface area contributed by atoms with E-state index in [1.54, 1.807) is 20.8 Å². The second kappa shape index (κ2) is 16.4. The first-order chi connectivity index (χ1) is 23.3.